The molecule has 5 aliphatic rings. The molecule has 178 valence electrons. The highest BCUT2D eigenvalue weighted by Gasteiger charge is 2.67. The van der Waals surface area contributed by atoms with Crippen LogP contribution in [-0.4, -0.2) is 34.2 Å². The zero-order valence-electron chi connectivity index (χ0n) is 19.5. The number of allylic oxidation sites excluding steroid dienone is 2. The maximum Gasteiger partial charge on any atom is 0.282 e. The number of hydrogen-bond acceptors (Lipinski definition) is 5. The Hall–Kier alpha value is -3.81. The van der Waals surface area contributed by atoms with Gasteiger partial charge in [-0.15, -0.1) is 0 Å². The Morgan fingerprint density at radius 1 is 1.03 bits per heavy atom. The molecule has 1 aliphatic heterocycles. The number of nitrogens with zero attached hydrogens (tertiary/aromatic N) is 3. The van der Waals surface area contributed by atoms with Crippen LogP contribution >= 0.6 is 0 Å². The van der Waals surface area contributed by atoms with Crippen LogP contribution in [0.5, 0.6) is 0 Å². The summed E-state index contributed by atoms with van der Waals surface area (Å²) in [6.07, 6.45) is 5.28. The molecule has 35 heavy (non-hydrogen) atoms. The van der Waals surface area contributed by atoms with E-state index in [-0.39, 0.29) is 53.4 Å². The van der Waals surface area contributed by atoms with E-state index in [1.807, 2.05) is 26.0 Å². The molecule has 6 unspecified atom stereocenters. The number of anilines is 1. The van der Waals surface area contributed by atoms with Crippen LogP contribution in [0.15, 0.2) is 54.6 Å². The van der Waals surface area contributed by atoms with E-state index in [9.17, 15) is 24.5 Å². The summed E-state index contributed by atoms with van der Waals surface area (Å²) in [5.74, 6) is -0.728. The van der Waals surface area contributed by atoms with Gasteiger partial charge in [0.1, 0.15) is 12.2 Å². The van der Waals surface area contributed by atoms with E-state index in [1.165, 1.54) is 28.0 Å². The number of carbonyl (C=O) groups excluding carboxylic acids is 3. The van der Waals surface area contributed by atoms with Gasteiger partial charge in [-0.05, 0) is 67.2 Å². The van der Waals surface area contributed by atoms with Crippen molar-refractivity contribution >= 4 is 29.1 Å². The Labute approximate surface area is 202 Å². The summed E-state index contributed by atoms with van der Waals surface area (Å²) in [6.45, 7) is 3.45. The number of hydrogen-bond donors (Lipinski definition) is 0. The number of nitro benzene ring substituents is 1. The lowest BCUT2D eigenvalue weighted by Gasteiger charge is -2.37. The summed E-state index contributed by atoms with van der Waals surface area (Å²) >= 11 is 0. The van der Waals surface area contributed by atoms with Gasteiger partial charge in [0, 0.05) is 11.8 Å². The monoisotopic (exact) mass is 471 g/mol. The summed E-state index contributed by atoms with van der Waals surface area (Å²) < 4.78 is 0. The van der Waals surface area contributed by atoms with Crippen molar-refractivity contribution in [3.63, 3.8) is 0 Å². The van der Waals surface area contributed by atoms with Crippen LogP contribution in [0.25, 0.3) is 0 Å². The summed E-state index contributed by atoms with van der Waals surface area (Å²) in [6, 6.07) is 11.3. The molecule has 0 N–H and O–H groups in total. The molecule has 0 radical (unpaired) electrons. The topological polar surface area (TPSA) is 101 Å². The van der Waals surface area contributed by atoms with E-state index in [4.69, 9.17) is 0 Å². The first-order valence-corrected chi connectivity index (χ1v) is 11.9. The molecule has 1 saturated heterocycles. The summed E-state index contributed by atoms with van der Waals surface area (Å²) in [7, 11) is 0. The SMILES string of the molecule is Cc1ccc(C)c(N(CN2C(=O)C3C4C=CC(C5CC45)C3C2=O)C(=O)c2ccccc2[N+](=O)[O-])c1. The van der Waals surface area contributed by atoms with Crippen LogP contribution in [0.4, 0.5) is 11.4 Å². The minimum Gasteiger partial charge on any atom is -0.289 e. The summed E-state index contributed by atoms with van der Waals surface area (Å²) in [5.41, 5.74) is 1.77. The molecular weight excluding hydrogens is 446 g/mol. The van der Waals surface area contributed by atoms with Crippen molar-refractivity contribution in [1.29, 1.82) is 0 Å². The molecule has 1 heterocycles. The van der Waals surface area contributed by atoms with Gasteiger partial charge in [-0.1, -0.05) is 36.4 Å². The van der Waals surface area contributed by atoms with Crippen LogP contribution in [0.2, 0.25) is 0 Å². The number of para-hydroxylation sites is 1. The van der Waals surface area contributed by atoms with Crippen LogP contribution in [-0.2, 0) is 9.59 Å². The first-order valence-electron chi connectivity index (χ1n) is 11.9. The van der Waals surface area contributed by atoms with Gasteiger partial charge in [-0.25, -0.2) is 0 Å². The molecule has 2 saturated carbocycles. The summed E-state index contributed by atoms with van der Waals surface area (Å²) in [5, 5.41) is 11.6. The molecule has 2 bridgehead atoms. The number of carbonyl (C=O) groups is 3. The van der Waals surface area contributed by atoms with Crippen molar-refractivity contribution in [2.75, 3.05) is 11.6 Å². The minimum atomic E-state index is -0.620. The van der Waals surface area contributed by atoms with E-state index < -0.39 is 10.8 Å². The number of aryl methyl sites for hydroxylation is 2. The first-order chi connectivity index (χ1) is 16.8. The highest BCUT2D eigenvalue weighted by Crippen LogP contribution is 2.65. The molecule has 4 aliphatic carbocycles. The molecule has 2 aromatic rings. The van der Waals surface area contributed by atoms with Crippen molar-refractivity contribution in [3.8, 4) is 0 Å². The predicted octanol–water partition coefficient (Wildman–Crippen LogP) is 3.87. The molecule has 2 aromatic carbocycles. The molecule has 7 rings (SSSR count). The van der Waals surface area contributed by atoms with Crippen LogP contribution in [0.3, 0.4) is 0 Å². The largest absolute Gasteiger partial charge is 0.289 e. The van der Waals surface area contributed by atoms with E-state index in [0.29, 0.717) is 17.5 Å². The number of likely N-dealkylation sites (tertiary alicyclic amines) is 1. The molecule has 0 aromatic heterocycles. The molecule has 0 spiro atoms. The molecule has 3 amide bonds. The molecule has 6 atom stereocenters. The van der Waals surface area contributed by atoms with E-state index in [1.54, 1.807) is 12.1 Å². The Morgan fingerprint density at radius 2 is 1.66 bits per heavy atom. The first kappa shape index (κ1) is 21.7. The zero-order chi connectivity index (χ0) is 24.6. The lowest BCUT2D eigenvalue weighted by atomic mass is 9.63. The second-order valence-electron chi connectivity index (χ2n) is 10.2. The van der Waals surface area contributed by atoms with Gasteiger partial charge in [0.05, 0.1) is 16.8 Å². The Bertz CT molecular complexity index is 1300. The van der Waals surface area contributed by atoms with E-state index in [0.717, 1.165) is 17.5 Å². The van der Waals surface area contributed by atoms with Gasteiger partial charge >= 0.3 is 0 Å². The third-order valence-electron chi connectivity index (χ3n) is 8.27. The second-order valence-corrected chi connectivity index (χ2v) is 10.2. The third kappa shape index (κ3) is 3.16. The third-order valence-corrected chi connectivity index (χ3v) is 8.27. The second kappa shape index (κ2) is 7.60. The smallest absolute Gasteiger partial charge is 0.282 e. The van der Waals surface area contributed by atoms with E-state index in [2.05, 4.69) is 12.2 Å². The molecule has 8 heteroatoms. The maximum atomic E-state index is 13.8. The normalized spacial score (nSPS) is 29.7. The molecular formula is C27H25N3O5. The van der Waals surface area contributed by atoms with Gasteiger partial charge in [0.2, 0.25) is 11.8 Å². The fourth-order valence-corrected chi connectivity index (χ4v) is 6.52. The fourth-order valence-electron chi connectivity index (χ4n) is 6.52. The van der Waals surface area contributed by atoms with Crippen LogP contribution in [0.1, 0.15) is 27.9 Å². The van der Waals surface area contributed by atoms with Crippen LogP contribution < -0.4 is 4.90 Å². The highest BCUT2D eigenvalue weighted by molar-refractivity contribution is 6.11. The Balaban J connectivity index is 1.40. The number of imide groups is 1. The number of benzene rings is 2. The fraction of sp³-hybridized carbons (Fsp3) is 0.370. The van der Waals surface area contributed by atoms with Crippen molar-refractivity contribution in [2.45, 2.75) is 20.3 Å². The van der Waals surface area contributed by atoms with Gasteiger partial charge in [0.15, 0.2) is 0 Å². The van der Waals surface area contributed by atoms with Crippen molar-refractivity contribution < 1.29 is 19.3 Å². The summed E-state index contributed by atoms with van der Waals surface area (Å²) in [4.78, 5) is 54.6. The number of rotatable bonds is 5. The minimum absolute atomic E-state index is 0.0801. The van der Waals surface area contributed by atoms with Gasteiger partial charge in [-0.2, -0.15) is 0 Å². The lowest BCUT2D eigenvalue weighted by Crippen LogP contribution is -2.45. The van der Waals surface area contributed by atoms with Crippen molar-refractivity contribution in [2.24, 2.45) is 35.5 Å². The van der Waals surface area contributed by atoms with E-state index >= 15 is 0 Å². The Kier molecular flexibility index (Phi) is 4.71. The zero-order valence-corrected chi connectivity index (χ0v) is 19.5. The number of amides is 3. The van der Waals surface area contributed by atoms with Crippen LogP contribution in [0, 0.1) is 59.5 Å². The van der Waals surface area contributed by atoms with Gasteiger partial charge in [0.25, 0.3) is 11.6 Å². The predicted molar refractivity (Wildman–Crippen MR) is 127 cm³/mol. The standard InChI is InChI=1S/C27H25N3O5/c1-14-7-8-15(2)22(11-14)28(25(31)18-5-3-4-6-21(18)30(34)35)13-29-26(32)23-16-9-10-17(20-12-19(16)20)24(23)27(29)33/h3-11,16-17,19-20,23-24H,12-13H2,1-2H3. The number of nitro groups is 1. The lowest BCUT2D eigenvalue weighted by molar-refractivity contribution is -0.385. The van der Waals surface area contributed by atoms with Gasteiger partial charge < -0.3 is 0 Å². The van der Waals surface area contributed by atoms with Crippen molar-refractivity contribution in [3.05, 3.63) is 81.4 Å². The average Bonchev–Trinajstić information content (AvgIpc) is 3.64. The Morgan fingerprint density at radius 3 is 2.29 bits per heavy atom. The van der Waals surface area contributed by atoms with Crippen molar-refractivity contribution in [1.82, 2.24) is 4.90 Å². The average molecular weight is 472 g/mol. The molecule has 8 nitrogen and oxygen atoms in total. The quantitative estimate of drug-likeness (QED) is 0.285. The maximum absolute atomic E-state index is 13.8. The highest BCUT2D eigenvalue weighted by atomic mass is 16.6. The molecule has 3 fully saturated rings. The van der Waals surface area contributed by atoms with Gasteiger partial charge in [-0.3, -0.25) is 34.3 Å².